The molecule has 0 saturated carbocycles. The van der Waals surface area contributed by atoms with Crippen molar-refractivity contribution in [3.8, 4) is 5.75 Å². The molecule has 3 rings (SSSR count). The van der Waals surface area contributed by atoms with Crippen LogP contribution in [0.25, 0.3) is 16.5 Å². The second-order valence-corrected chi connectivity index (χ2v) is 17.8. The number of rotatable bonds is 17. The van der Waals surface area contributed by atoms with E-state index in [1.165, 1.54) is 6.07 Å². The Labute approximate surface area is 328 Å². The molecule has 0 aliphatic carbocycles. The maximum absolute atomic E-state index is 14.4. The molecule has 3 aromatic rings. The standard InChI is InChI=1S/C40H54ClFN3O9P/c1-12-33(36(46)43-19-28-14-13-15-32(41)35(28)42)44-26(4)20-45-21-31(27(5)25(2)3)30-17-16-29(18-34(30)45)52-24-55(49,53-22-50-37(47)39(6,7)8)54-23-51-38(48)40(9,10)11/h13-18,21,33H,12,19-20,22-24H2,1-11H3,(H,43,46). The number of benzene rings is 2. The molecule has 1 atom stereocenters. The van der Waals surface area contributed by atoms with Gasteiger partial charge in [-0.1, -0.05) is 36.2 Å². The Morgan fingerprint density at radius 1 is 0.945 bits per heavy atom. The van der Waals surface area contributed by atoms with E-state index in [0.717, 1.165) is 27.6 Å². The van der Waals surface area contributed by atoms with Gasteiger partial charge in [0.25, 0.3) is 0 Å². The highest BCUT2D eigenvalue weighted by atomic mass is 35.5. The highest BCUT2D eigenvalue weighted by molar-refractivity contribution is 7.53. The summed E-state index contributed by atoms with van der Waals surface area (Å²) in [6, 6.07) is 9.30. The second-order valence-electron chi connectivity index (χ2n) is 15.4. The molecule has 15 heteroatoms. The van der Waals surface area contributed by atoms with E-state index in [1.807, 2.05) is 51.4 Å². The minimum absolute atomic E-state index is 0.0173. The first-order valence-electron chi connectivity index (χ1n) is 17.9. The molecule has 0 spiro atoms. The van der Waals surface area contributed by atoms with Gasteiger partial charge in [-0.25, -0.2) is 4.39 Å². The highest BCUT2D eigenvalue weighted by Gasteiger charge is 2.31. The number of nitrogens with zero attached hydrogens (tertiary/aromatic N) is 2. The van der Waals surface area contributed by atoms with Crippen LogP contribution in [0.4, 0.5) is 4.39 Å². The molecule has 302 valence electrons. The SMILES string of the molecule is CCC(N=C(C)Cn1cc(C(C)=C(C)C)c2ccc(OCP(=O)(OCOC(=O)C(C)(C)C)OCOC(=O)C(C)(C)C)cc21)C(=O)NCc1cccc(Cl)c1F. The van der Waals surface area contributed by atoms with Crippen molar-refractivity contribution in [1.29, 1.82) is 0 Å². The average molecular weight is 806 g/mol. The summed E-state index contributed by atoms with van der Waals surface area (Å²) >= 11 is 5.90. The fourth-order valence-electron chi connectivity index (χ4n) is 4.95. The Balaban J connectivity index is 1.87. The topological polar surface area (TPSA) is 144 Å². The van der Waals surface area contributed by atoms with Crippen molar-refractivity contribution in [2.24, 2.45) is 15.8 Å². The molecule has 1 unspecified atom stereocenters. The van der Waals surface area contributed by atoms with E-state index in [4.69, 9.17) is 39.9 Å². The van der Waals surface area contributed by atoms with E-state index in [1.54, 1.807) is 65.8 Å². The number of ether oxygens (including phenoxy) is 3. The van der Waals surface area contributed by atoms with Crippen molar-refractivity contribution in [2.75, 3.05) is 19.9 Å². The third kappa shape index (κ3) is 13.0. The number of carbonyl (C=O) groups is 3. The van der Waals surface area contributed by atoms with Crippen LogP contribution in [0.1, 0.15) is 93.7 Å². The summed E-state index contributed by atoms with van der Waals surface area (Å²) in [5.41, 5.74) is 3.24. The molecule has 0 bridgehead atoms. The average Bonchev–Trinajstić information content (AvgIpc) is 3.45. The molecule has 0 saturated heterocycles. The van der Waals surface area contributed by atoms with Gasteiger partial charge in [0, 0.05) is 41.0 Å². The number of allylic oxidation sites excluding steroid dienone is 2. The van der Waals surface area contributed by atoms with Gasteiger partial charge in [0.15, 0.2) is 6.35 Å². The fourth-order valence-corrected chi connectivity index (χ4v) is 6.10. The number of hydrogen-bond acceptors (Lipinski definition) is 10. The lowest BCUT2D eigenvalue weighted by molar-refractivity contribution is -0.162. The molecule has 1 amide bonds. The number of aliphatic imine (C=N–C) groups is 1. The summed E-state index contributed by atoms with van der Waals surface area (Å²) in [4.78, 5) is 42.4. The van der Waals surface area contributed by atoms with E-state index >= 15 is 0 Å². The quantitative estimate of drug-likeness (QED) is 0.0611. The molecule has 2 aromatic carbocycles. The van der Waals surface area contributed by atoms with Gasteiger partial charge in [0.2, 0.25) is 19.5 Å². The van der Waals surface area contributed by atoms with Gasteiger partial charge in [0.05, 0.1) is 27.9 Å². The lowest BCUT2D eigenvalue weighted by Gasteiger charge is -2.22. The first kappa shape index (κ1) is 45.4. The Morgan fingerprint density at radius 2 is 1.55 bits per heavy atom. The summed E-state index contributed by atoms with van der Waals surface area (Å²) in [7, 11) is -4.16. The molecule has 1 aromatic heterocycles. The smallest absolute Gasteiger partial charge is 0.373 e. The Hall–Kier alpha value is -4.03. The molecular formula is C40H54ClFN3O9P. The van der Waals surface area contributed by atoms with Crippen LogP contribution in [0.5, 0.6) is 5.75 Å². The van der Waals surface area contributed by atoms with Crippen molar-refractivity contribution in [1.82, 2.24) is 9.88 Å². The van der Waals surface area contributed by atoms with Gasteiger partial charge in [-0.15, -0.1) is 0 Å². The molecule has 55 heavy (non-hydrogen) atoms. The lowest BCUT2D eigenvalue weighted by Crippen LogP contribution is -2.33. The van der Waals surface area contributed by atoms with Gasteiger partial charge in [-0.2, -0.15) is 0 Å². The zero-order valence-corrected chi connectivity index (χ0v) is 35.3. The monoisotopic (exact) mass is 805 g/mol. The van der Waals surface area contributed by atoms with E-state index in [0.29, 0.717) is 24.4 Å². The van der Waals surface area contributed by atoms with Crippen molar-refractivity contribution in [3.05, 3.63) is 70.1 Å². The molecule has 1 heterocycles. The number of esters is 2. The summed E-state index contributed by atoms with van der Waals surface area (Å²) in [6.07, 6.45) is 1.83. The minimum atomic E-state index is -4.16. The Kier molecular flexibility index (Phi) is 15.8. The van der Waals surface area contributed by atoms with E-state index in [9.17, 15) is 23.3 Å². The largest absolute Gasteiger partial charge is 0.481 e. The number of carbonyl (C=O) groups excluding carboxylic acids is 3. The molecule has 0 aliphatic rings. The number of hydrogen-bond donors (Lipinski definition) is 1. The van der Waals surface area contributed by atoms with Gasteiger partial charge in [0.1, 0.15) is 17.6 Å². The van der Waals surface area contributed by atoms with Crippen molar-refractivity contribution >= 4 is 59.2 Å². The summed E-state index contributed by atoms with van der Waals surface area (Å²) in [5.74, 6) is -1.75. The van der Waals surface area contributed by atoms with Crippen LogP contribution in [0.2, 0.25) is 5.02 Å². The molecule has 0 fully saturated rings. The van der Waals surface area contributed by atoms with Crippen LogP contribution in [0, 0.1) is 16.6 Å². The Bertz CT molecular complexity index is 1940. The zero-order valence-electron chi connectivity index (χ0n) is 33.6. The van der Waals surface area contributed by atoms with Crippen LogP contribution in [-0.4, -0.2) is 54.1 Å². The molecule has 0 aliphatic heterocycles. The normalized spacial score (nSPS) is 13.0. The fraction of sp³-hybridized carbons (Fsp3) is 0.500. The van der Waals surface area contributed by atoms with Crippen LogP contribution >= 0.6 is 19.2 Å². The number of amides is 1. The number of nitrogens with one attached hydrogen (secondary N) is 1. The molecule has 12 nitrogen and oxygen atoms in total. The maximum atomic E-state index is 14.4. The van der Waals surface area contributed by atoms with Crippen LogP contribution < -0.4 is 10.1 Å². The lowest BCUT2D eigenvalue weighted by atomic mass is 9.98. The first-order chi connectivity index (χ1) is 25.6. The minimum Gasteiger partial charge on any atom is -0.481 e. The van der Waals surface area contributed by atoms with Crippen molar-refractivity contribution in [2.45, 2.75) is 102 Å². The summed E-state index contributed by atoms with van der Waals surface area (Å²) < 4.78 is 57.3. The van der Waals surface area contributed by atoms with Gasteiger partial charge < -0.3 is 24.1 Å². The molecule has 0 radical (unpaired) electrons. The third-order valence-corrected chi connectivity index (χ3v) is 10.2. The maximum Gasteiger partial charge on any atom is 0.373 e. The molecule has 1 N–H and O–H groups in total. The Morgan fingerprint density at radius 3 is 2.09 bits per heavy atom. The van der Waals surface area contributed by atoms with Crippen LogP contribution in [0.3, 0.4) is 0 Å². The van der Waals surface area contributed by atoms with Gasteiger partial charge in [-0.05, 0) is 99.4 Å². The van der Waals surface area contributed by atoms with Crippen LogP contribution in [-0.2, 0) is 50.6 Å². The number of aromatic nitrogens is 1. The third-order valence-electron chi connectivity index (χ3n) is 8.45. The predicted octanol–water partition coefficient (Wildman–Crippen LogP) is 9.46. The predicted molar refractivity (Wildman–Crippen MR) is 212 cm³/mol. The highest BCUT2D eigenvalue weighted by Crippen LogP contribution is 2.48. The van der Waals surface area contributed by atoms with Gasteiger partial charge in [-0.3, -0.25) is 33.0 Å². The van der Waals surface area contributed by atoms with Crippen molar-refractivity contribution < 1.29 is 46.6 Å². The molecular weight excluding hydrogens is 752 g/mol. The number of halogens is 2. The zero-order chi connectivity index (χ0) is 41.3. The van der Waals surface area contributed by atoms with Gasteiger partial charge >= 0.3 is 19.5 Å². The van der Waals surface area contributed by atoms with E-state index < -0.39 is 62.2 Å². The van der Waals surface area contributed by atoms with E-state index in [2.05, 4.69) is 5.32 Å². The van der Waals surface area contributed by atoms with Crippen LogP contribution in [0.15, 0.2) is 53.2 Å². The summed E-state index contributed by atoms with van der Waals surface area (Å²) in [6.45, 7) is 18.7. The van der Waals surface area contributed by atoms with E-state index in [-0.39, 0.29) is 23.0 Å². The van der Waals surface area contributed by atoms with Crippen molar-refractivity contribution in [3.63, 3.8) is 0 Å². The number of fused-ring (bicyclic) bond motifs is 1. The summed E-state index contributed by atoms with van der Waals surface area (Å²) in [5, 5.41) is 3.67. The first-order valence-corrected chi connectivity index (χ1v) is 20.0. The second kappa shape index (κ2) is 19.2.